The summed E-state index contributed by atoms with van der Waals surface area (Å²) in [6.07, 6.45) is 8.50. The van der Waals surface area contributed by atoms with Crippen LogP contribution >= 0.6 is 0 Å². The highest BCUT2D eigenvalue weighted by atomic mass is 28.4. The van der Waals surface area contributed by atoms with Gasteiger partial charge in [-0.05, 0) is 48.0 Å². The molecule has 0 amide bonds. The van der Waals surface area contributed by atoms with Crippen molar-refractivity contribution in [3.63, 3.8) is 0 Å². The van der Waals surface area contributed by atoms with Crippen LogP contribution in [-0.2, 0) is 4.43 Å². The number of hydrogen-bond acceptors (Lipinski definition) is 1. The summed E-state index contributed by atoms with van der Waals surface area (Å²) in [5.41, 5.74) is 1.77. The van der Waals surface area contributed by atoms with Crippen LogP contribution < -0.4 is 0 Å². The number of hydrogen-bond donors (Lipinski definition) is 0. The monoisotopic (exact) mass is 334 g/mol. The van der Waals surface area contributed by atoms with Gasteiger partial charge in [-0.2, -0.15) is 0 Å². The second-order valence-corrected chi connectivity index (χ2v) is 13.0. The van der Waals surface area contributed by atoms with Gasteiger partial charge >= 0.3 is 0 Å². The molecule has 0 aromatic heterocycles. The van der Waals surface area contributed by atoms with E-state index in [0.29, 0.717) is 22.5 Å². The van der Waals surface area contributed by atoms with E-state index in [2.05, 4.69) is 85.5 Å². The van der Waals surface area contributed by atoms with Crippen molar-refractivity contribution in [2.75, 3.05) is 0 Å². The molecule has 0 aliphatic heterocycles. The van der Waals surface area contributed by atoms with Crippen molar-refractivity contribution in [3.05, 3.63) is 24.0 Å². The molecule has 23 heavy (non-hydrogen) atoms. The molecule has 0 saturated carbocycles. The Labute approximate surface area is 146 Å². The minimum atomic E-state index is -1.89. The minimum Gasteiger partial charge on any atom is -0.543 e. The number of allylic oxidation sites excluding steroid dienone is 3. The molecule has 2 heteroatoms. The summed E-state index contributed by atoms with van der Waals surface area (Å²) in [5, 5.41) is 0. The Kier molecular flexibility index (Phi) is 10.3. The Morgan fingerprint density at radius 3 is 1.87 bits per heavy atom. The zero-order valence-corrected chi connectivity index (χ0v) is 17.9. The average molecular weight is 335 g/mol. The Morgan fingerprint density at radius 2 is 1.48 bits per heavy atom. The van der Waals surface area contributed by atoms with Crippen LogP contribution in [0.25, 0.3) is 0 Å². The van der Waals surface area contributed by atoms with E-state index in [1.165, 1.54) is 0 Å². The lowest BCUT2D eigenvalue weighted by Crippen LogP contribution is -2.47. The number of rotatable bonds is 9. The fraction of sp³-hybridized carbons (Fsp3) is 0.714. The van der Waals surface area contributed by atoms with Crippen LogP contribution in [0.4, 0.5) is 0 Å². The molecule has 0 aliphatic carbocycles. The Hall–Kier alpha value is -0.943. The topological polar surface area (TPSA) is 9.23 Å². The first kappa shape index (κ1) is 22.1. The normalized spacial score (nSPS) is 13.3. The maximum Gasteiger partial charge on any atom is 0.258 e. The molecule has 0 aromatic rings. The lowest BCUT2D eigenvalue weighted by molar-refractivity contribution is 0.384. The highest BCUT2D eigenvalue weighted by Gasteiger charge is 2.47. The molecule has 1 nitrogen and oxygen atoms in total. The van der Waals surface area contributed by atoms with Crippen molar-refractivity contribution in [2.45, 2.75) is 91.8 Å². The standard InChI is InChI=1S/C21H38OSi/c1-10-11-12-13-14-21(16-15-17(2)3)22-23(18(4)5,19(6)7)20(8)9/h14-20H,12-13H2,1-9H3/b16-15+,21-14-. The van der Waals surface area contributed by atoms with Gasteiger partial charge in [-0.3, -0.25) is 0 Å². The van der Waals surface area contributed by atoms with Crippen molar-refractivity contribution in [3.8, 4) is 11.8 Å². The maximum absolute atomic E-state index is 6.82. The molecule has 0 atom stereocenters. The molecule has 0 aliphatic rings. The van der Waals surface area contributed by atoms with E-state index < -0.39 is 8.32 Å². The fourth-order valence-electron chi connectivity index (χ4n) is 3.40. The second-order valence-electron chi connectivity index (χ2n) is 7.59. The highest BCUT2D eigenvalue weighted by molar-refractivity contribution is 6.77. The van der Waals surface area contributed by atoms with Crippen molar-refractivity contribution in [1.82, 2.24) is 0 Å². The molecule has 0 saturated heterocycles. The number of unbranched alkanes of at least 4 members (excludes halogenated alkanes) is 1. The van der Waals surface area contributed by atoms with Crippen LogP contribution in [0, 0.1) is 17.8 Å². The van der Waals surface area contributed by atoms with E-state index in [4.69, 9.17) is 4.43 Å². The van der Waals surface area contributed by atoms with Gasteiger partial charge in [-0.25, -0.2) is 0 Å². The quantitative estimate of drug-likeness (QED) is 0.144. The van der Waals surface area contributed by atoms with Crippen LogP contribution in [0.1, 0.15) is 75.2 Å². The van der Waals surface area contributed by atoms with Crippen molar-refractivity contribution < 1.29 is 4.43 Å². The maximum atomic E-state index is 6.82. The molecular formula is C21H38OSi. The molecule has 0 rings (SSSR count). The Bertz CT molecular complexity index is 422. The lowest BCUT2D eigenvalue weighted by Gasteiger charge is -2.42. The fourth-order valence-corrected chi connectivity index (χ4v) is 8.67. The van der Waals surface area contributed by atoms with E-state index in [0.717, 1.165) is 18.6 Å². The summed E-state index contributed by atoms with van der Waals surface area (Å²) in [6.45, 7) is 20.3. The first-order valence-electron chi connectivity index (χ1n) is 9.15. The second kappa shape index (κ2) is 10.8. The molecule has 132 valence electrons. The van der Waals surface area contributed by atoms with Gasteiger partial charge in [0.05, 0.1) is 5.76 Å². The summed E-state index contributed by atoms with van der Waals surface area (Å²) in [4.78, 5) is 0. The summed E-state index contributed by atoms with van der Waals surface area (Å²) in [5.74, 6) is 7.69. The third-order valence-corrected chi connectivity index (χ3v) is 10.4. The predicted octanol–water partition coefficient (Wildman–Crippen LogP) is 7.08. The zero-order valence-electron chi connectivity index (χ0n) is 16.9. The lowest BCUT2D eigenvalue weighted by atomic mass is 10.2. The van der Waals surface area contributed by atoms with Crippen LogP contribution in [0.5, 0.6) is 0 Å². The van der Waals surface area contributed by atoms with Crippen LogP contribution in [0.3, 0.4) is 0 Å². The van der Waals surface area contributed by atoms with Crippen molar-refractivity contribution in [1.29, 1.82) is 0 Å². The highest BCUT2D eigenvalue weighted by Crippen LogP contribution is 2.43. The van der Waals surface area contributed by atoms with E-state index in [1.807, 2.05) is 6.92 Å². The summed E-state index contributed by atoms with van der Waals surface area (Å²) >= 11 is 0. The molecule has 0 N–H and O–H groups in total. The van der Waals surface area contributed by atoms with Gasteiger partial charge in [0, 0.05) is 6.42 Å². The Morgan fingerprint density at radius 1 is 0.957 bits per heavy atom. The first-order valence-corrected chi connectivity index (χ1v) is 11.3. The molecule has 0 bridgehead atoms. The minimum absolute atomic E-state index is 0.533. The summed E-state index contributed by atoms with van der Waals surface area (Å²) in [7, 11) is -1.89. The van der Waals surface area contributed by atoms with Gasteiger partial charge in [0.2, 0.25) is 0 Å². The summed E-state index contributed by atoms with van der Waals surface area (Å²) < 4.78 is 6.82. The molecule has 0 aromatic carbocycles. The van der Waals surface area contributed by atoms with Gasteiger partial charge in [0.15, 0.2) is 0 Å². The van der Waals surface area contributed by atoms with Crippen molar-refractivity contribution >= 4 is 8.32 Å². The summed E-state index contributed by atoms with van der Waals surface area (Å²) in [6, 6.07) is 0. The van der Waals surface area contributed by atoms with Crippen LogP contribution in [-0.4, -0.2) is 8.32 Å². The average Bonchev–Trinajstić information content (AvgIpc) is 2.44. The largest absolute Gasteiger partial charge is 0.543 e. The van der Waals surface area contributed by atoms with E-state index in [-0.39, 0.29) is 0 Å². The third-order valence-electron chi connectivity index (χ3n) is 4.44. The molecule has 0 spiro atoms. The molecule has 0 fully saturated rings. The van der Waals surface area contributed by atoms with E-state index in [1.54, 1.807) is 0 Å². The van der Waals surface area contributed by atoms with Crippen molar-refractivity contribution in [2.24, 2.45) is 5.92 Å². The molecular weight excluding hydrogens is 296 g/mol. The van der Waals surface area contributed by atoms with E-state index in [9.17, 15) is 0 Å². The third kappa shape index (κ3) is 7.00. The first-order chi connectivity index (χ1) is 10.7. The smallest absolute Gasteiger partial charge is 0.258 e. The van der Waals surface area contributed by atoms with Crippen LogP contribution in [0.15, 0.2) is 24.0 Å². The van der Waals surface area contributed by atoms with Gasteiger partial charge in [-0.15, -0.1) is 11.8 Å². The molecule has 0 heterocycles. The van der Waals surface area contributed by atoms with E-state index >= 15 is 0 Å². The SMILES string of the molecule is CC#CCC/C=C(/C=C/C(C)C)O[Si](C(C)C)(C(C)C)C(C)C. The van der Waals surface area contributed by atoms with Gasteiger partial charge < -0.3 is 4.43 Å². The van der Waals surface area contributed by atoms with Gasteiger partial charge in [-0.1, -0.05) is 61.5 Å². The van der Waals surface area contributed by atoms with Gasteiger partial charge in [0.25, 0.3) is 8.32 Å². The Balaban J connectivity index is 5.53. The van der Waals surface area contributed by atoms with Crippen LogP contribution in [0.2, 0.25) is 16.6 Å². The molecule has 0 unspecified atom stereocenters. The zero-order chi connectivity index (χ0) is 18.0. The molecule has 0 radical (unpaired) electrons. The van der Waals surface area contributed by atoms with Gasteiger partial charge in [0.1, 0.15) is 0 Å². The predicted molar refractivity (Wildman–Crippen MR) is 107 cm³/mol.